The summed E-state index contributed by atoms with van der Waals surface area (Å²) in [6, 6.07) is 0.0822. The average molecular weight is 385 g/mol. The summed E-state index contributed by atoms with van der Waals surface area (Å²) in [5.74, 6) is -0.293. The SMILES string of the molecule is CCC(C)OCCOCC(=O)NC1CCC(C(=O)NCC(=O)C(C)C)CC1. The highest BCUT2D eigenvalue weighted by molar-refractivity contribution is 5.88. The van der Waals surface area contributed by atoms with Gasteiger partial charge in [0.2, 0.25) is 11.8 Å². The maximum atomic E-state index is 12.1. The molecule has 1 fully saturated rings. The minimum Gasteiger partial charge on any atom is -0.376 e. The van der Waals surface area contributed by atoms with E-state index in [2.05, 4.69) is 17.6 Å². The van der Waals surface area contributed by atoms with Crippen LogP contribution in [0.2, 0.25) is 0 Å². The molecule has 7 heteroatoms. The van der Waals surface area contributed by atoms with Crippen molar-refractivity contribution in [3.05, 3.63) is 0 Å². The third-order valence-corrected chi connectivity index (χ3v) is 4.98. The van der Waals surface area contributed by atoms with Gasteiger partial charge in [0.25, 0.3) is 0 Å². The normalized spacial score (nSPS) is 20.9. The van der Waals surface area contributed by atoms with Crippen molar-refractivity contribution in [2.75, 3.05) is 26.4 Å². The fraction of sp³-hybridized carbons (Fsp3) is 0.850. The predicted octanol–water partition coefficient (Wildman–Crippen LogP) is 1.83. The van der Waals surface area contributed by atoms with Gasteiger partial charge in [-0.2, -0.15) is 0 Å². The third kappa shape index (κ3) is 9.86. The molecule has 1 rings (SSSR count). The van der Waals surface area contributed by atoms with E-state index >= 15 is 0 Å². The molecule has 1 unspecified atom stereocenters. The Labute approximate surface area is 162 Å². The zero-order chi connectivity index (χ0) is 20.2. The second-order valence-corrected chi connectivity index (χ2v) is 7.60. The van der Waals surface area contributed by atoms with E-state index in [9.17, 15) is 14.4 Å². The van der Waals surface area contributed by atoms with Crippen LogP contribution in [0.1, 0.15) is 59.8 Å². The zero-order valence-corrected chi connectivity index (χ0v) is 17.2. The zero-order valence-electron chi connectivity index (χ0n) is 17.2. The molecule has 7 nitrogen and oxygen atoms in total. The van der Waals surface area contributed by atoms with Crippen molar-refractivity contribution in [2.45, 2.75) is 71.9 Å². The number of hydrogen-bond donors (Lipinski definition) is 2. The van der Waals surface area contributed by atoms with Crippen molar-refractivity contribution in [3.63, 3.8) is 0 Å². The van der Waals surface area contributed by atoms with E-state index in [4.69, 9.17) is 9.47 Å². The number of hydrogen-bond acceptors (Lipinski definition) is 5. The van der Waals surface area contributed by atoms with Gasteiger partial charge in [0.05, 0.1) is 25.9 Å². The standard InChI is InChI=1S/C20H36N2O5/c1-5-15(4)27-11-10-26-13-19(24)22-17-8-6-16(7-9-17)20(25)21-12-18(23)14(2)3/h14-17H,5-13H2,1-4H3,(H,21,25)(H,22,24). The van der Waals surface area contributed by atoms with Crippen LogP contribution in [-0.4, -0.2) is 56.1 Å². The highest BCUT2D eigenvalue weighted by atomic mass is 16.5. The van der Waals surface area contributed by atoms with Crippen LogP contribution in [0.25, 0.3) is 0 Å². The van der Waals surface area contributed by atoms with Crippen LogP contribution < -0.4 is 10.6 Å². The number of rotatable bonds is 12. The van der Waals surface area contributed by atoms with Gasteiger partial charge >= 0.3 is 0 Å². The molecule has 1 saturated carbocycles. The average Bonchev–Trinajstić information content (AvgIpc) is 2.65. The van der Waals surface area contributed by atoms with Gasteiger partial charge in [-0.3, -0.25) is 14.4 Å². The smallest absolute Gasteiger partial charge is 0.246 e. The Bertz CT molecular complexity index is 473. The van der Waals surface area contributed by atoms with Crippen LogP contribution in [0.15, 0.2) is 0 Å². The maximum absolute atomic E-state index is 12.1. The first kappa shape index (κ1) is 23.6. The van der Waals surface area contributed by atoms with Crippen LogP contribution in [0, 0.1) is 11.8 Å². The molecule has 0 bridgehead atoms. The van der Waals surface area contributed by atoms with Crippen molar-refractivity contribution < 1.29 is 23.9 Å². The fourth-order valence-corrected chi connectivity index (χ4v) is 2.88. The lowest BCUT2D eigenvalue weighted by Crippen LogP contribution is -2.43. The molecule has 0 aromatic carbocycles. The minimum atomic E-state index is -0.131. The predicted molar refractivity (Wildman–Crippen MR) is 103 cm³/mol. The van der Waals surface area contributed by atoms with Crippen LogP contribution in [0.4, 0.5) is 0 Å². The summed E-state index contributed by atoms with van der Waals surface area (Å²) in [7, 11) is 0. The number of nitrogens with one attached hydrogen (secondary N) is 2. The van der Waals surface area contributed by atoms with Crippen molar-refractivity contribution in [1.29, 1.82) is 0 Å². The second-order valence-electron chi connectivity index (χ2n) is 7.60. The van der Waals surface area contributed by atoms with Crippen LogP contribution >= 0.6 is 0 Å². The first-order valence-electron chi connectivity index (χ1n) is 10.1. The van der Waals surface area contributed by atoms with E-state index in [-0.39, 0.29) is 54.7 Å². The van der Waals surface area contributed by atoms with Gasteiger partial charge in [-0.1, -0.05) is 20.8 Å². The van der Waals surface area contributed by atoms with Crippen molar-refractivity contribution in [3.8, 4) is 0 Å². The van der Waals surface area contributed by atoms with E-state index in [1.807, 2.05) is 20.8 Å². The summed E-state index contributed by atoms with van der Waals surface area (Å²) in [6.45, 7) is 8.73. The molecule has 1 atom stereocenters. The first-order chi connectivity index (χ1) is 12.8. The Morgan fingerprint density at radius 3 is 2.30 bits per heavy atom. The molecular formula is C20H36N2O5. The van der Waals surface area contributed by atoms with E-state index in [0.29, 0.717) is 13.2 Å². The molecule has 27 heavy (non-hydrogen) atoms. The van der Waals surface area contributed by atoms with Gasteiger partial charge in [-0.05, 0) is 39.0 Å². The maximum Gasteiger partial charge on any atom is 0.246 e. The number of ketones is 1. The van der Waals surface area contributed by atoms with Gasteiger partial charge in [-0.15, -0.1) is 0 Å². The van der Waals surface area contributed by atoms with E-state index in [1.54, 1.807) is 0 Å². The summed E-state index contributed by atoms with van der Waals surface area (Å²) in [5.41, 5.74) is 0. The molecule has 0 saturated heterocycles. The van der Waals surface area contributed by atoms with Crippen LogP contribution in [0.5, 0.6) is 0 Å². The van der Waals surface area contributed by atoms with Crippen molar-refractivity contribution in [1.82, 2.24) is 10.6 Å². The monoisotopic (exact) mass is 384 g/mol. The van der Waals surface area contributed by atoms with Gasteiger partial charge in [-0.25, -0.2) is 0 Å². The Balaban J connectivity index is 2.14. The first-order valence-corrected chi connectivity index (χ1v) is 10.1. The summed E-state index contributed by atoms with van der Waals surface area (Å²) in [6.07, 6.45) is 4.12. The van der Waals surface area contributed by atoms with Crippen LogP contribution in [0.3, 0.4) is 0 Å². The van der Waals surface area contributed by atoms with Crippen LogP contribution in [-0.2, 0) is 23.9 Å². The second kappa shape index (κ2) is 12.8. The fourth-order valence-electron chi connectivity index (χ4n) is 2.88. The van der Waals surface area contributed by atoms with E-state index in [0.717, 1.165) is 32.1 Å². The highest BCUT2D eigenvalue weighted by Gasteiger charge is 2.27. The number of Topliss-reactive ketones (excluding diaryl/α,β-unsaturated/α-hetero) is 1. The highest BCUT2D eigenvalue weighted by Crippen LogP contribution is 2.24. The lowest BCUT2D eigenvalue weighted by Gasteiger charge is -2.28. The summed E-state index contributed by atoms with van der Waals surface area (Å²) in [5, 5.41) is 5.70. The molecule has 0 aromatic rings. The minimum absolute atomic E-state index is 0.0294. The van der Waals surface area contributed by atoms with E-state index in [1.165, 1.54) is 0 Å². The molecule has 0 spiro atoms. The lowest BCUT2D eigenvalue weighted by atomic mass is 9.85. The topological polar surface area (TPSA) is 93.7 Å². The number of carbonyl (C=O) groups excluding carboxylic acids is 3. The number of ether oxygens (including phenoxy) is 2. The third-order valence-electron chi connectivity index (χ3n) is 4.98. The summed E-state index contributed by atoms with van der Waals surface area (Å²) < 4.78 is 10.8. The molecule has 0 heterocycles. The number of amides is 2. The molecule has 0 aliphatic heterocycles. The summed E-state index contributed by atoms with van der Waals surface area (Å²) >= 11 is 0. The largest absolute Gasteiger partial charge is 0.376 e. The molecular weight excluding hydrogens is 348 g/mol. The molecule has 0 aromatic heterocycles. The molecule has 1 aliphatic rings. The Morgan fingerprint density at radius 2 is 1.70 bits per heavy atom. The van der Waals surface area contributed by atoms with Gasteiger partial charge in [0.1, 0.15) is 6.61 Å². The van der Waals surface area contributed by atoms with Crippen molar-refractivity contribution in [2.24, 2.45) is 11.8 Å². The molecule has 0 radical (unpaired) electrons. The van der Waals surface area contributed by atoms with E-state index < -0.39 is 0 Å². The quantitative estimate of drug-likeness (QED) is 0.501. The Kier molecular flexibility index (Phi) is 11.2. The molecule has 156 valence electrons. The molecule has 2 N–H and O–H groups in total. The Morgan fingerprint density at radius 1 is 1.04 bits per heavy atom. The van der Waals surface area contributed by atoms with Gasteiger partial charge in [0, 0.05) is 17.9 Å². The molecule has 1 aliphatic carbocycles. The van der Waals surface area contributed by atoms with Crippen molar-refractivity contribution >= 4 is 17.6 Å². The molecule has 2 amide bonds. The number of carbonyl (C=O) groups is 3. The Hall–Kier alpha value is -1.47. The summed E-state index contributed by atoms with van der Waals surface area (Å²) in [4.78, 5) is 35.7. The van der Waals surface area contributed by atoms with Gasteiger partial charge < -0.3 is 20.1 Å². The lowest BCUT2D eigenvalue weighted by molar-refractivity contribution is -0.130. The van der Waals surface area contributed by atoms with Gasteiger partial charge in [0.15, 0.2) is 5.78 Å².